The van der Waals surface area contributed by atoms with Crippen molar-refractivity contribution in [2.45, 2.75) is 33.3 Å². The highest BCUT2D eigenvalue weighted by Crippen LogP contribution is 1.93. The molecule has 4 nitrogen and oxygen atoms in total. The molecule has 0 aliphatic heterocycles. The zero-order valence-electron chi connectivity index (χ0n) is 10.3. The lowest BCUT2D eigenvalue weighted by molar-refractivity contribution is -0.122. The zero-order valence-corrected chi connectivity index (χ0v) is 10.3. The van der Waals surface area contributed by atoms with Crippen LogP contribution in [0, 0.1) is 5.92 Å². The van der Waals surface area contributed by atoms with Crippen molar-refractivity contribution in [1.29, 1.82) is 0 Å². The second kappa shape index (κ2) is 7.65. The SMILES string of the molecule is CC(C)CNC(=O)CN(C)CCC(C)O. The Morgan fingerprint density at radius 3 is 2.47 bits per heavy atom. The second-order valence-electron chi connectivity index (χ2n) is 4.57. The first-order valence-electron chi connectivity index (χ1n) is 5.55. The van der Waals surface area contributed by atoms with Crippen molar-refractivity contribution < 1.29 is 9.90 Å². The van der Waals surface area contributed by atoms with Gasteiger partial charge in [-0.3, -0.25) is 9.69 Å². The minimum absolute atomic E-state index is 0.0526. The summed E-state index contributed by atoms with van der Waals surface area (Å²) in [5.41, 5.74) is 0. The average molecular weight is 216 g/mol. The van der Waals surface area contributed by atoms with E-state index in [1.807, 2.05) is 11.9 Å². The third kappa shape index (κ3) is 9.69. The molecule has 15 heavy (non-hydrogen) atoms. The number of hydrogen-bond acceptors (Lipinski definition) is 3. The standard InChI is InChI=1S/C11H24N2O2/c1-9(2)7-12-11(15)8-13(4)6-5-10(3)14/h9-10,14H,5-8H2,1-4H3,(H,12,15). The molecular formula is C11H24N2O2. The number of nitrogens with one attached hydrogen (secondary N) is 1. The van der Waals surface area contributed by atoms with E-state index in [4.69, 9.17) is 5.11 Å². The van der Waals surface area contributed by atoms with Crippen LogP contribution in [-0.2, 0) is 4.79 Å². The Morgan fingerprint density at radius 2 is 2.00 bits per heavy atom. The highest BCUT2D eigenvalue weighted by Gasteiger charge is 2.07. The van der Waals surface area contributed by atoms with Gasteiger partial charge >= 0.3 is 0 Å². The van der Waals surface area contributed by atoms with Gasteiger partial charge in [0.25, 0.3) is 0 Å². The van der Waals surface area contributed by atoms with Gasteiger partial charge in [-0.1, -0.05) is 13.8 Å². The summed E-state index contributed by atoms with van der Waals surface area (Å²) in [5.74, 6) is 0.536. The van der Waals surface area contributed by atoms with Crippen LogP contribution < -0.4 is 5.32 Å². The Bertz CT molecular complexity index is 181. The molecule has 2 N–H and O–H groups in total. The molecule has 0 aromatic heterocycles. The van der Waals surface area contributed by atoms with Crippen molar-refractivity contribution in [3.05, 3.63) is 0 Å². The number of aliphatic hydroxyl groups is 1. The smallest absolute Gasteiger partial charge is 0.234 e. The van der Waals surface area contributed by atoms with Gasteiger partial charge in [0, 0.05) is 13.1 Å². The van der Waals surface area contributed by atoms with Gasteiger partial charge in [0.15, 0.2) is 0 Å². The van der Waals surface area contributed by atoms with Crippen LogP contribution in [-0.4, -0.2) is 48.7 Å². The van der Waals surface area contributed by atoms with E-state index in [-0.39, 0.29) is 12.0 Å². The van der Waals surface area contributed by atoms with E-state index in [2.05, 4.69) is 19.2 Å². The molecule has 0 bridgehead atoms. The van der Waals surface area contributed by atoms with Crippen LogP contribution in [0.4, 0.5) is 0 Å². The van der Waals surface area contributed by atoms with Gasteiger partial charge in [0.05, 0.1) is 12.6 Å². The first-order chi connectivity index (χ1) is 6.91. The predicted molar refractivity (Wildman–Crippen MR) is 61.6 cm³/mol. The van der Waals surface area contributed by atoms with Crippen molar-refractivity contribution >= 4 is 5.91 Å². The first-order valence-corrected chi connectivity index (χ1v) is 5.55. The topological polar surface area (TPSA) is 52.6 Å². The van der Waals surface area contributed by atoms with Crippen LogP contribution in [0.2, 0.25) is 0 Å². The lowest BCUT2D eigenvalue weighted by Crippen LogP contribution is -2.37. The fourth-order valence-electron chi connectivity index (χ4n) is 1.11. The lowest BCUT2D eigenvalue weighted by atomic mass is 10.2. The Labute approximate surface area is 92.7 Å². The molecule has 0 aromatic rings. The van der Waals surface area contributed by atoms with E-state index in [0.29, 0.717) is 18.9 Å². The zero-order chi connectivity index (χ0) is 11.8. The highest BCUT2D eigenvalue weighted by molar-refractivity contribution is 5.77. The fraction of sp³-hybridized carbons (Fsp3) is 0.909. The third-order valence-electron chi connectivity index (χ3n) is 2.05. The summed E-state index contributed by atoms with van der Waals surface area (Å²) in [5, 5.41) is 11.9. The van der Waals surface area contributed by atoms with E-state index in [0.717, 1.165) is 13.1 Å². The predicted octanol–water partition coefficient (Wildman–Crippen LogP) is 0.461. The van der Waals surface area contributed by atoms with E-state index < -0.39 is 0 Å². The molecule has 1 atom stereocenters. The van der Waals surface area contributed by atoms with Crippen LogP contribution in [0.3, 0.4) is 0 Å². The molecule has 1 amide bonds. The highest BCUT2D eigenvalue weighted by atomic mass is 16.3. The summed E-state index contributed by atoms with van der Waals surface area (Å²) in [6, 6.07) is 0. The number of likely N-dealkylation sites (N-methyl/N-ethyl adjacent to an activating group) is 1. The summed E-state index contributed by atoms with van der Waals surface area (Å²) in [6.07, 6.45) is 0.403. The quantitative estimate of drug-likeness (QED) is 0.650. The maximum Gasteiger partial charge on any atom is 0.234 e. The fourth-order valence-corrected chi connectivity index (χ4v) is 1.11. The largest absolute Gasteiger partial charge is 0.393 e. The molecule has 0 spiro atoms. The van der Waals surface area contributed by atoms with Gasteiger partial charge in [-0.25, -0.2) is 0 Å². The molecule has 0 fully saturated rings. The summed E-state index contributed by atoms with van der Waals surface area (Å²) in [7, 11) is 1.89. The molecular weight excluding hydrogens is 192 g/mol. The van der Waals surface area contributed by atoms with Gasteiger partial charge in [0.1, 0.15) is 0 Å². The minimum Gasteiger partial charge on any atom is -0.393 e. The van der Waals surface area contributed by atoms with Gasteiger partial charge in [-0.05, 0) is 26.3 Å². The summed E-state index contributed by atoms with van der Waals surface area (Å²) < 4.78 is 0. The Kier molecular flexibility index (Phi) is 7.34. The van der Waals surface area contributed by atoms with Crippen LogP contribution in [0.25, 0.3) is 0 Å². The van der Waals surface area contributed by atoms with Crippen molar-refractivity contribution in [3.63, 3.8) is 0 Å². The van der Waals surface area contributed by atoms with Gasteiger partial charge in [-0.2, -0.15) is 0 Å². The number of nitrogens with zero attached hydrogens (tertiary/aromatic N) is 1. The molecule has 0 radical (unpaired) electrons. The maximum absolute atomic E-state index is 11.4. The monoisotopic (exact) mass is 216 g/mol. The van der Waals surface area contributed by atoms with Crippen molar-refractivity contribution in [3.8, 4) is 0 Å². The van der Waals surface area contributed by atoms with Crippen molar-refractivity contribution in [2.75, 3.05) is 26.7 Å². The summed E-state index contributed by atoms with van der Waals surface area (Å²) >= 11 is 0. The van der Waals surface area contributed by atoms with E-state index >= 15 is 0 Å². The van der Waals surface area contributed by atoms with Crippen molar-refractivity contribution in [1.82, 2.24) is 10.2 Å². The summed E-state index contributed by atoms with van der Waals surface area (Å²) in [6.45, 7) is 7.76. The van der Waals surface area contributed by atoms with Crippen LogP contribution in [0.1, 0.15) is 27.2 Å². The molecule has 0 heterocycles. The molecule has 1 unspecified atom stereocenters. The third-order valence-corrected chi connectivity index (χ3v) is 2.05. The molecule has 0 saturated heterocycles. The van der Waals surface area contributed by atoms with Crippen LogP contribution >= 0.6 is 0 Å². The number of aliphatic hydroxyl groups excluding tert-OH is 1. The van der Waals surface area contributed by atoms with E-state index in [1.54, 1.807) is 6.92 Å². The molecule has 0 saturated carbocycles. The Balaban J connectivity index is 3.57. The minimum atomic E-state index is -0.300. The van der Waals surface area contributed by atoms with Crippen molar-refractivity contribution in [2.24, 2.45) is 5.92 Å². The molecule has 0 aromatic carbocycles. The molecule has 0 rings (SSSR count). The van der Waals surface area contributed by atoms with E-state index in [9.17, 15) is 4.79 Å². The van der Waals surface area contributed by atoms with Gasteiger partial charge < -0.3 is 10.4 Å². The number of amides is 1. The van der Waals surface area contributed by atoms with Gasteiger partial charge in [-0.15, -0.1) is 0 Å². The van der Waals surface area contributed by atoms with E-state index in [1.165, 1.54) is 0 Å². The first kappa shape index (κ1) is 14.4. The number of carbonyl (C=O) groups excluding carboxylic acids is 1. The Hall–Kier alpha value is -0.610. The molecule has 0 aliphatic carbocycles. The lowest BCUT2D eigenvalue weighted by Gasteiger charge is -2.17. The number of carbonyl (C=O) groups is 1. The van der Waals surface area contributed by atoms with Crippen LogP contribution in [0.5, 0.6) is 0 Å². The number of rotatable bonds is 7. The maximum atomic E-state index is 11.4. The van der Waals surface area contributed by atoms with Gasteiger partial charge in [0.2, 0.25) is 5.91 Å². The second-order valence-corrected chi connectivity index (χ2v) is 4.57. The Morgan fingerprint density at radius 1 is 1.40 bits per heavy atom. The number of hydrogen-bond donors (Lipinski definition) is 2. The molecule has 0 aliphatic rings. The average Bonchev–Trinajstić information content (AvgIpc) is 2.11. The van der Waals surface area contributed by atoms with Crippen LogP contribution in [0.15, 0.2) is 0 Å². The normalized spacial score (nSPS) is 13.3. The summed E-state index contributed by atoms with van der Waals surface area (Å²) in [4.78, 5) is 13.3. The molecule has 4 heteroatoms. The molecule has 90 valence electrons.